The van der Waals surface area contributed by atoms with E-state index in [1.165, 1.54) is 29.3 Å². The molecule has 28 heavy (non-hydrogen) atoms. The number of guanidine groups is 1. The lowest BCUT2D eigenvalue weighted by molar-refractivity contribution is 0.357. The number of rotatable bonds is 6. The van der Waals surface area contributed by atoms with Crippen LogP contribution in [0.4, 0.5) is 4.39 Å². The van der Waals surface area contributed by atoms with Crippen LogP contribution in [0.5, 0.6) is 5.75 Å². The van der Waals surface area contributed by atoms with Crippen LogP contribution < -0.4 is 15.4 Å². The molecule has 0 atom stereocenters. The fourth-order valence-electron chi connectivity index (χ4n) is 2.99. The standard InChI is InChI=1S/C21H23FN4O.HI/c1-2-24-21(26-14-18-12-16(13-23)3-5-19(18)22)25-9-7-15-4-6-20-17(11-15)8-10-27-20;/h3-6,11-12H,2,7-10,14H2,1H3,(H2,24,25,26);1H. The van der Waals surface area contributed by atoms with Gasteiger partial charge in [0.05, 0.1) is 24.8 Å². The van der Waals surface area contributed by atoms with Gasteiger partial charge in [-0.15, -0.1) is 24.0 Å². The minimum atomic E-state index is -0.353. The summed E-state index contributed by atoms with van der Waals surface area (Å²) in [5, 5.41) is 15.4. The first-order valence-corrected chi connectivity index (χ1v) is 9.15. The Hall–Kier alpha value is -2.34. The van der Waals surface area contributed by atoms with Gasteiger partial charge in [-0.3, -0.25) is 0 Å². The molecule has 0 radical (unpaired) electrons. The van der Waals surface area contributed by atoms with Crippen LogP contribution in [0, 0.1) is 17.1 Å². The van der Waals surface area contributed by atoms with E-state index >= 15 is 0 Å². The van der Waals surface area contributed by atoms with Crippen molar-refractivity contribution in [1.29, 1.82) is 5.26 Å². The van der Waals surface area contributed by atoms with E-state index in [0.717, 1.165) is 25.2 Å². The van der Waals surface area contributed by atoms with E-state index in [0.29, 0.717) is 30.2 Å². The van der Waals surface area contributed by atoms with E-state index in [-0.39, 0.29) is 36.3 Å². The number of nitrogens with one attached hydrogen (secondary N) is 2. The summed E-state index contributed by atoms with van der Waals surface area (Å²) >= 11 is 0. The van der Waals surface area contributed by atoms with Gasteiger partial charge in [0, 0.05) is 25.1 Å². The molecule has 0 unspecified atom stereocenters. The summed E-state index contributed by atoms with van der Waals surface area (Å²) in [5.74, 6) is 1.26. The normalized spacial score (nSPS) is 12.4. The average Bonchev–Trinajstić information content (AvgIpc) is 3.15. The molecule has 1 aliphatic heterocycles. The maximum atomic E-state index is 13.9. The Morgan fingerprint density at radius 1 is 1.25 bits per heavy atom. The summed E-state index contributed by atoms with van der Waals surface area (Å²) < 4.78 is 19.4. The fraction of sp³-hybridized carbons (Fsp3) is 0.333. The Labute approximate surface area is 182 Å². The van der Waals surface area contributed by atoms with Gasteiger partial charge in [-0.05, 0) is 48.7 Å². The van der Waals surface area contributed by atoms with Gasteiger partial charge in [0.15, 0.2) is 5.96 Å². The number of nitriles is 1. The minimum Gasteiger partial charge on any atom is -0.493 e. The largest absolute Gasteiger partial charge is 0.493 e. The maximum absolute atomic E-state index is 13.9. The average molecular weight is 494 g/mol. The summed E-state index contributed by atoms with van der Waals surface area (Å²) in [6.45, 7) is 4.34. The number of hydrogen-bond acceptors (Lipinski definition) is 3. The molecule has 0 bridgehead atoms. The number of halogens is 2. The second-order valence-electron chi connectivity index (χ2n) is 6.33. The second-order valence-corrected chi connectivity index (χ2v) is 6.33. The Morgan fingerprint density at radius 3 is 2.89 bits per heavy atom. The summed E-state index contributed by atoms with van der Waals surface area (Å²) in [6.07, 6.45) is 1.82. The van der Waals surface area contributed by atoms with E-state index in [1.54, 1.807) is 0 Å². The van der Waals surface area contributed by atoms with E-state index < -0.39 is 0 Å². The van der Waals surface area contributed by atoms with Crippen LogP contribution >= 0.6 is 24.0 Å². The van der Waals surface area contributed by atoms with Crippen molar-refractivity contribution in [2.45, 2.75) is 26.3 Å². The van der Waals surface area contributed by atoms with Crippen molar-refractivity contribution in [3.05, 3.63) is 64.5 Å². The van der Waals surface area contributed by atoms with Crippen LogP contribution in [0.3, 0.4) is 0 Å². The summed E-state index contributed by atoms with van der Waals surface area (Å²) in [5.41, 5.74) is 3.35. The SMILES string of the molecule is CCNC(=NCc1cc(C#N)ccc1F)NCCc1ccc2c(c1)CCO2.I. The molecule has 1 heterocycles. The molecule has 0 saturated heterocycles. The molecule has 2 aromatic carbocycles. The Morgan fingerprint density at radius 2 is 2.11 bits per heavy atom. The second kappa shape index (κ2) is 10.9. The molecule has 0 aromatic heterocycles. The molecule has 0 amide bonds. The molecule has 0 aliphatic carbocycles. The van der Waals surface area contributed by atoms with E-state index in [9.17, 15) is 4.39 Å². The van der Waals surface area contributed by atoms with Crippen LogP contribution in [0.2, 0.25) is 0 Å². The third-order valence-corrected chi connectivity index (χ3v) is 4.39. The number of nitrogens with zero attached hydrogens (tertiary/aromatic N) is 2. The van der Waals surface area contributed by atoms with E-state index in [2.05, 4.69) is 27.8 Å². The quantitative estimate of drug-likeness (QED) is 0.366. The lowest BCUT2D eigenvalue weighted by Crippen LogP contribution is -2.38. The van der Waals surface area contributed by atoms with Crippen molar-refractivity contribution in [1.82, 2.24) is 10.6 Å². The lowest BCUT2D eigenvalue weighted by Gasteiger charge is -2.12. The Kier molecular flexibility index (Phi) is 8.51. The van der Waals surface area contributed by atoms with Crippen molar-refractivity contribution in [2.75, 3.05) is 19.7 Å². The molecule has 148 valence electrons. The Balaban J connectivity index is 0.00000280. The monoisotopic (exact) mass is 494 g/mol. The van der Waals surface area contributed by atoms with Crippen molar-refractivity contribution in [3.8, 4) is 11.8 Å². The lowest BCUT2D eigenvalue weighted by atomic mass is 10.1. The zero-order valence-corrected chi connectivity index (χ0v) is 18.1. The van der Waals surface area contributed by atoms with Gasteiger partial charge in [-0.2, -0.15) is 5.26 Å². The molecule has 0 fully saturated rings. The molecular formula is C21H24FIN4O. The molecule has 7 heteroatoms. The summed E-state index contributed by atoms with van der Waals surface area (Å²) in [6, 6.07) is 12.6. The van der Waals surface area contributed by atoms with Gasteiger partial charge >= 0.3 is 0 Å². The third-order valence-electron chi connectivity index (χ3n) is 4.39. The van der Waals surface area contributed by atoms with Crippen molar-refractivity contribution >= 4 is 29.9 Å². The van der Waals surface area contributed by atoms with Crippen molar-refractivity contribution < 1.29 is 9.13 Å². The van der Waals surface area contributed by atoms with Crippen molar-refractivity contribution in [2.24, 2.45) is 4.99 Å². The zero-order valence-electron chi connectivity index (χ0n) is 15.8. The topological polar surface area (TPSA) is 69.4 Å². The minimum absolute atomic E-state index is 0. The molecule has 2 N–H and O–H groups in total. The van der Waals surface area contributed by atoms with Crippen LogP contribution in [0.25, 0.3) is 0 Å². The first-order valence-electron chi connectivity index (χ1n) is 9.15. The number of ether oxygens (including phenoxy) is 1. The molecule has 2 aromatic rings. The number of hydrogen-bond donors (Lipinski definition) is 2. The first kappa shape index (κ1) is 22.0. The molecular weight excluding hydrogens is 470 g/mol. The van der Waals surface area contributed by atoms with Gasteiger partial charge in [0.25, 0.3) is 0 Å². The van der Waals surface area contributed by atoms with Crippen LogP contribution in [0.15, 0.2) is 41.4 Å². The Bertz CT molecular complexity index is 879. The van der Waals surface area contributed by atoms with E-state index in [1.807, 2.05) is 19.1 Å². The zero-order chi connectivity index (χ0) is 19.1. The highest BCUT2D eigenvalue weighted by Gasteiger charge is 2.11. The highest BCUT2D eigenvalue weighted by molar-refractivity contribution is 14.0. The fourth-order valence-corrected chi connectivity index (χ4v) is 2.99. The predicted octanol–water partition coefficient (Wildman–Crippen LogP) is 3.55. The maximum Gasteiger partial charge on any atom is 0.191 e. The summed E-state index contributed by atoms with van der Waals surface area (Å²) in [4.78, 5) is 4.43. The van der Waals surface area contributed by atoms with Gasteiger partial charge in [-0.1, -0.05) is 12.1 Å². The van der Waals surface area contributed by atoms with Gasteiger partial charge in [0.2, 0.25) is 0 Å². The number of aliphatic imine (C=N–C) groups is 1. The molecule has 3 rings (SSSR count). The predicted molar refractivity (Wildman–Crippen MR) is 119 cm³/mol. The molecule has 5 nitrogen and oxygen atoms in total. The third kappa shape index (κ3) is 5.83. The number of fused-ring (bicyclic) bond motifs is 1. The van der Waals surface area contributed by atoms with Gasteiger partial charge in [-0.25, -0.2) is 9.38 Å². The van der Waals surface area contributed by atoms with Crippen LogP contribution in [-0.2, 0) is 19.4 Å². The van der Waals surface area contributed by atoms with E-state index in [4.69, 9.17) is 10.00 Å². The van der Waals surface area contributed by atoms with Gasteiger partial charge in [0.1, 0.15) is 11.6 Å². The van der Waals surface area contributed by atoms with Crippen LogP contribution in [0.1, 0.15) is 29.2 Å². The molecule has 0 saturated carbocycles. The smallest absolute Gasteiger partial charge is 0.191 e. The molecule has 0 spiro atoms. The highest BCUT2D eigenvalue weighted by Crippen LogP contribution is 2.25. The van der Waals surface area contributed by atoms with Crippen LogP contribution in [-0.4, -0.2) is 25.7 Å². The van der Waals surface area contributed by atoms with Crippen molar-refractivity contribution in [3.63, 3.8) is 0 Å². The molecule has 1 aliphatic rings. The number of benzene rings is 2. The highest BCUT2D eigenvalue weighted by atomic mass is 127. The van der Waals surface area contributed by atoms with Gasteiger partial charge < -0.3 is 15.4 Å². The first-order chi connectivity index (χ1) is 13.2. The summed E-state index contributed by atoms with van der Waals surface area (Å²) in [7, 11) is 0.